The standard InChI is InChI=1S/C24H29N5O/c1-3-4-14-27(2)24(30)23-21(29-15-8-7-11-22(29)26-23)18-25-13-17-28-16-12-19-9-5-6-10-20(19)28/h5-12,15-16,25H,3-4,13-14,17-18H2,1-2H3. The third-order valence-corrected chi connectivity index (χ3v) is 5.53. The number of nitrogens with zero attached hydrogens (tertiary/aromatic N) is 4. The molecular weight excluding hydrogens is 374 g/mol. The van der Waals surface area contributed by atoms with E-state index >= 15 is 0 Å². The second-order valence-electron chi connectivity index (χ2n) is 7.66. The molecule has 3 heterocycles. The van der Waals surface area contributed by atoms with Crippen LogP contribution in [-0.2, 0) is 13.1 Å². The number of carbonyl (C=O) groups is 1. The Kier molecular flexibility index (Phi) is 6.14. The molecule has 6 nitrogen and oxygen atoms in total. The van der Waals surface area contributed by atoms with Crippen LogP contribution in [0.1, 0.15) is 35.9 Å². The van der Waals surface area contributed by atoms with Gasteiger partial charge >= 0.3 is 0 Å². The Balaban J connectivity index is 1.48. The second kappa shape index (κ2) is 9.13. The van der Waals surface area contributed by atoms with Gasteiger partial charge in [0.05, 0.1) is 5.69 Å². The summed E-state index contributed by atoms with van der Waals surface area (Å²) in [6.07, 6.45) is 6.15. The maximum atomic E-state index is 13.0. The summed E-state index contributed by atoms with van der Waals surface area (Å²) < 4.78 is 4.26. The number of benzene rings is 1. The molecule has 156 valence electrons. The number of para-hydroxylation sites is 1. The van der Waals surface area contributed by atoms with E-state index in [0.717, 1.165) is 43.8 Å². The van der Waals surface area contributed by atoms with Gasteiger partial charge in [-0.3, -0.25) is 4.79 Å². The number of hydrogen-bond donors (Lipinski definition) is 1. The monoisotopic (exact) mass is 403 g/mol. The van der Waals surface area contributed by atoms with Crippen molar-refractivity contribution in [1.82, 2.24) is 24.2 Å². The Hall–Kier alpha value is -3.12. The molecule has 1 aromatic carbocycles. The van der Waals surface area contributed by atoms with Crippen LogP contribution < -0.4 is 5.32 Å². The van der Waals surface area contributed by atoms with Crippen LogP contribution >= 0.6 is 0 Å². The predicted octanol–water partition coefficient (Wildman–Crippen LogP) is 3.95. The van der Waals surface area contributed by atoms with E-state index in [2.05, 4.69) is 58.3 Å². The summed E-state index contributed by atoms with van der Waals surface area (Å²) in [4.78, 5) is 19.4. The molecule has 30 heavy (non-hydrogen) atoms. The van der Waals surface area contributed by atoms with Crippen molar-refractivity contribution >= 4 is 22.5 Å². The number of nitrogens with one attached hydrogen (secondary N) is 1. The van der Waals surface area contributed by atoms with Crippen molar-refractivity contribution < 1.29 is 4.79 Å². The highest BCUT2D eigenvalue weighted by molar-refractivity contribution is 5.94. The van der Waals surface area contributed by atoms with Crippen molar-refractivity contribution in [2.24, 2.45) is 0 Å². The lowest BCUT2D eigenvalue weighted by atomic mass is 10.2. The highest BCUT2D eigenvalue weighted by Crippen LogP contribution is 2.16. The van der Waals surface area contributed by atoms with Crippen LogP contribution in [0, 0.1) is 0 Å². The summed E-state index contributed by atoms with van der Waals surface area (Å²) in [5.41, 5.74) is 3.50. The molecule has 0 fully saturated rings. The van der Waals surface area contributed by atoms with Crippen molar-refractivity contribution in [3.63, 3.8) is 0 Å². The third kappa shape index (κ3) is 4.09. The molecular formula is C24H29N5O. The average Bonchev–Trinajstić information content (AvgIpc) is 3.36. The molecule has 0 radical (unpaired) electrons. The number of amides is 1. The van der Waals surface area contributed by atoms with Crippen LogP contribution in [0.25, 0.3) is 16.6 Å². The molecule has 0 unspecified atom stereocenters. The van der Waals surface area contributed by atoms with E-state index in [-0.39, 0.29) is 5.91 Å². The van der Waals surface area contributed by atoms with Crippen LogP contribution in [0.3, 0.4) is 0 Å². The highest BCUT2D eigenvalue weighted by Gasteiger charge is 2.21. The zero-order valence-electron chi connectivity index (χ0n) is 17.7. The Morgan fingerprint density at radius 2 is 1.93 bits per heavy atom. The van der Waals surface area contributed by atoms with Gasteiger partial charge in [0.15, 0.2) is 5.69 Å². The number of pyridine rings is 1. The molecule has 0 atom stereocenters. The topological polar surface area (TPSA) is 54.6 Å². The molecule has 0 aliphatic carbocycles. The first kappa shape index (κ1) is 20.2. The van der Waals surface area contributed by atoms with Crippen molar-refractivity contribution in [2.75, 3.05) is 20.1 Å². The first-order chi connectivity index (χ1) is 14.7. The van der Waals surface area contributed by atoms with E-state index < -0.39 is 0 Å². The normalized spacial score (nSPS) is 11.4. The van der Waals surface area contributed by atoms with Gasteiger partial charge in [-0.25, -0.2) is 4.98 Å². The number of imidazole rings is 1. The highest BCUT2D eigenvalue weighted by atomic mass is 16.2. The molecule has 3 aromatic heterocycles. The van der Waals surface area contributed by atoms with Gasteiger partial charge in [-0.05, 0) is 36.1 Å². The maximum Gasteiger partial charge on any atom is 0.274 e. The van der Waals surface area contributed by atoms with Crippen molar-refractivity contribution in [3.05, 3.63) is 72.3 Å². The van der Waals surface area contributed by atoms with Gasteiger partial charge in [-0.1, -0.05) is 37.6 Å². The molecule has 4 aromatic rings. The SMILES string of the molecule is CCCCN(C)C(=O)c1nc2ccccn2c1CNCCn1ccc2ccccc21. The van der Waals surface area contributed by atoms with Gasteiger partial charge in [-0.2, -0.15) is 0 Å². The number of fused-ring (bicyclic) bond motifs is 2. The first-order valence-electron chi connectivity index (χ1n) is 10.6. The van der Waals surface area contributed by atoms with E-state index in [1.54, 1.807) is 4.90 Å². The number of unbranched alkanes of at least 4 members (excludes halogenated alkanes) is 1. The maximum absolute atomic E-state index is 13.0. The lowest BCUT2D eigenvalue weighted by molar-refractivity contribution is 0.0787. The molecule has 1 amide bonds. The van der Waals surface area contributed by atoms with Crippen LogP contribution in [-0.4, -0.2) is 44.9 Å². The van der Waals surface area contributed by atoms with Gasteiger partial charge in [0.1, 0.15) is 5.65 Å². The van der Waals surface area contributed by atoms with Gasteiger partial charge in [-0.15, -0.1) is 0 Å². The van der Waals surface area contributed by atoms with Gasteiger partial charge in [0, 0.05) is 51.1 Å². The fourth-order valence-electron chi connectivity index (χ4n) is 3.81. The van der Waals surface area contributed by atoms with E-state index in [1.807, 2.05) is 35.8 Å². The van der Waals surface area contributed by atoms with Gasteiger partial charge in [0.2, 0.25) is 0 Å². The van der Waals surface area contributed by atoms with Gasteiger partial charge in [0.25, 0.3) is 5.91 Å². The summed E-state index contributed by atoms with van der Waals surface area (Å²) >= 11 is 0. The molecule has 4 rings (SSSR count). The molecule has 0 bridgehead atoms. The van der Waals surface area contributed by atoms with Crippen molar-refractivity contribution in [3.8, 4) is 0 Å². The number of hydrogen-bond acceptors (Lipinski definition) is 3. The Morgan fingerprint density at radius 3 is 2.80 bits per heavy atom. The molecule has 0 aliphatic rings. The Bertz CT molecular complexity index is 1140. The molecule has 0 saturated carbocycles. The number of aromatic nitrogens is 3. The second-order valence-corrected chi connectivity index (χ2v) is 7.66. The predicted molar refractivity (Wildman–Crippen MR) is 121 cm³/mol. The minimum atomic E-state index is -0.0136. The van der Waals surface area contributed by atoms with Crippen LogP contribution in [0.5, 0.6) is 0 Å². The van der Waals surface area contributed by atoms with Crippen molar-refractivity contribution in [2.45, 2.75) is 32.9 Å². The Labute approximate surface area is 177 Å². The number of carbonyl (C=O) groups excluding carboxylic acids is 1. The third-order valence-electron chi connectivity index (χ3n) is 5.53. The van der Waals surface area contributed by atoms with E-state index in [1.165, 1.54) is 10.9 Å². The van der Waals surface area contributed by atoms with Gasteiger partial charge < -0.3 is 19.2 Å². The largest absolute Gasteiger partial charge is 0.346 e. The zero-order valence-corrected chi connectivity index (χ0v) is 17.7. The minimum Gasteiger partial charge on any atom is -0.346 e. The summed E-state index contributed by atoms with van der Waals surface area (Å²) in [5.74, 6) is -0.0136. The lowest BCUT2D eigenvalue weighted by Crippen LogP contribution is -2.30. The van der Waals surface area contributed by atoms with Crippen LogP contribution in [0.2, 0.25) is 0 Å². The van der Waals surface area contributed by atoms with Crippen LogP contribution in [0.15, 0.2) is 60.9 Å². The zero-order chi connectivity index (χ0) is 20.9. The van der Waals surface area contributed by atoms with E-state index in [4.69, 9.17) is 0 Å². The summed E-state index contributed by atoms with van der Waals surface area (Å²) in [6, 6.07) is 16.4. The van der Waals surface area contributed by atoms with E-state index in [0.29, 0.717) is 12.2 Å². The number of rotatable bonds is 9. The van der Waals surface area contributed by atoms with Crippen LogP contribution in [0.4, 0.5) is 0 Å². The molecule has 0 saturated heterocycles. The quantitative estimate of drug-likeness (QED) is 0.431. The molecule has 0 spiro atoms. The molecule has 6 heteroatoms. The summed E-state index contributed by atoms with van der Waals surface area (Å²) in [5, 5.41) is 4.76. The fourth-order valence-corrected chi connectivity index (χ4v) is 3.81. The smallest absolute Gasteiger partial charge is 0.274 e. The summed E-state index contributed by atoms with van der Waals surface area (Å²) in [7, 11) is 1.86. The van der Waals surface area contributed by atoms with E-state index in [9.17, 15) is 4.79 Å². The lowest BCUT2D eigenvalue weighted by Gasteiger charge is -2.16. The van der Waals surface area contributed by atoms with Crippen molar-refractivity contribution in [1.29, 1.82) is 0 Å². The molecule has 1 N–H and O–H groups in total. The summed E-state index contributed by atoms with van der Waals surface area (Å²) in [6.45, 7) is 5.14. The molecule has 0 aliphatic heterocycles. The average molecular weight is 404 g/mol. The Morgan fingerprint density at radius 1 is 1.10 bits per heavy atom. The minimum absolute atomic E-state index is 0.0136. The first-order valence-corrected chi connectivity index (χ1v) is 10.6. The fraction of sp³-hybridized carbons (Fsp3) is 0.333.